The van der Waals surface area contributed by atoms with Crippen LogP contribution in [0, 0.1) is 0 Å². The molecule has 0 saturated heterocycles. The third-order valence-electron chi connectivity index (χ3n) is 3.57. The number of aromatic amines is 1. The van der Waals surface area contributed by atoms with Gasteiger partial charge in [0.05, 0.1) is 6.04 Å². The second-order valence-electron chi connectivity index (χ2n) is 5.45. The number of H-pyrrole nitrogens is 1. The molecule has 0 amide bonds. The summed E-state index contributed by atoms with van der Waals surface area (Å²) in [5, 5.41) is 4.96. The van der Waals surface area contributed by atoms with Gasteiger partial charge in [0.1, 0.15) is 0 Å². The van der Waals surface area contributed by atoms with E-state index in [2.05, 4.69) is 84.9 Å². The summed E-state index contributed by atoms with van der Waals surface area (Å²) in [6, 6.07) is 19.7. The van der Waals surface area contributed by atoms with Crippen LogP contribution in [0.4, 0.5) is 0 Å². The second kappa shape index (κ2) is 5.51. The van der Waals surface area contributed by atoms with Crippen molar-refractivity contribution in [2.45, 2.75) is 25.9 Å². The average molecular weight is 264 g/mol. The fourth-order valence-corrected chi connectivity index (χ4v) is 2.68. The van der Waals surface area contributed by atoms with Gasteiger partial charge in [-0.15, -0.1) is 0 Å². The van der Waals surface area contributed by atoms with E-state index in [0.717, 1.165) is 0 Å². The molecular weight excluding hydrogens is 244 g/mol. The molecule has 2 heteroatoms. The van der Waals surface area contributed by atoms with Crippen molar-refractivity contribution in [2.75, 3.05) is 0 Å². The van der Waals surface area contributed by atoms with Gasteiger partial charge in [-0.1, -0.05) is 48.5 Å². The Morgan fingerprint density at radius 3 is 2.35 bits per heavy atom. The van der Waals surface area contributed by atoms with Crippen LogP contribution in [-0.2, 0) is 0 Å². The molecule has 1 atom stereocenters. The van der Waals surface area contributed by atoms with Gasteiger partial charge in [0, 0.05) is 23.1 Å². The number of para-hydroxylation sites is 1. The van der Waals surface area contributed by atoms with Crippen molar-refractivity contribution in [3.05, 3.63) is 71.9 Å². The van der Waals surface area contributed by atoms with E-state index in [1.165, 1.54) is 22.0 Å². The van der Waals surface area contributed by atoms with Crippen molar-refractivity contribution in [3.63, 3.8) is 0 Å². The summed E-state index contributed by atoms with van der Waals surface area (Å²) in [6.45, 7) is 4.37. The SMILES string of the molecule is CC(C)NC(c1ccccc1)c1c[nH]c2ccccc12. The predicted molar refractivity (Wildman–Crippen MR) is 84.9 cm³/mol. The maximum atomic E-state index is 3.67. The average Bonchev–Trinajstić information content (AvgIpc) is 2.89. The first kappa shape index (κ1) is 12.9. The van der Waals surface area contributed by atoms with Crippen molar-refractivity contribution in [3.8, 4) is 0 Å². The Bertz CT molecular complexity index is 683. The van der Waals surface area contributed by atoms with E-state index >= 15 is 0 Å². The van der Waals surface area contributed by atoms with E-state index in [1.807, 2.05) is 0 Å². The molecule has 0 spiro atoms. The Morgan fingerprint density at radius 1 is 0.900 bits per heavy atom. The summed E-state index contributed by atoms with van der Waals surface area (Å²) in [4.78, 5) is 3.37. The highest BCUT2D eigenvalue weighted by atomic mass is 14.9. The fraction of sp³-hybridized carbons (Fsp3) is 0.222. The van der Waals surface area contributed by atoms with Crippen LogP contribution in [0.5, 0.6) is 0 Å². The topological polar surface area (TPSA) is 27.8 Å². The van der Waals surface area contributed by atoms with E-state index in [9.17, 15) is 0 Å². The molecule has 2 nitrogen and oxygen atoms in total. The van der Waals surface area contributed by atoms with Gasteiger partial charge in [-0.3, -0.25) is 0 Å². The molecule has 0 fully saturated rings. The molecule has 0 radical (unpaired) electrons. The summed E-state index contributed by atoms with van der Waals surface area (Å²) >= 11 is 0. The standard InChI is InChI=1S/C18H20N2/c1-13(2)20-18(14-8-4-3-5-9-14)16-12-19-17-11-7-6-10-15(16)17/h3-13,18-20H,1-2H3. The van der Waals surface area contributed by atoms with E-state index in [-0.39, 0.29) is 6.04 Å². The summed E-state index contributed by atoms with van der Waals surface area (Å²) in [5.74, 6) is 0. The molecular formula is C18H20N2. The third-order valence-corrected chi connectivity index (χ3v) is 3.57. The predicted octanol–water partition coefficient (Wildman–Crippen LogP) is 4.26. The molecule has 2 N–H and O–H groups in total. The lowest BCUT2D eigenvalue weighted by Gasteiger charge is -2.21. The quantitative estimate of drug-likeness (QED) is 0.724. The Morgan fingerprint density at radius 2 is 1.60 bits per heavy atom. The molecule has 1 aromatic heterocycles. The molecule has 102 valence electrons. The lowest BCUT2D eigenvalue weighted by Crippen LogP contribution is -2.28. The minimum absolute atomic E-state index is 0.215. The van der Waals surface area contributed by atoms with Crippen LogP contribution in [0.3, 0.4) is 0 Å². The molecule has 3 rings (SSSR count). The molecule has 1 heterocycles. The lowest BCUT2D eigenvalue weighted by atomic mass is 9.97. The number of aromatic nitrogens is 1. The molecule has 2 aromatic carbocycles. The molecule has 0 aliphatic rings. The number of rotatable bonds is 4. The Kier molecular flexibility index (Phi) is 3.57. The van der Waals surface area contributed by atoms with Crippen molar-refractivity contribution in [1.29, 1.82) is 0 Å². The zero-order chi connectivity index (χ0) is 13.9. The van der Waals surface area contributed by atoms with Crippen LogP contribution in [0.1, 0.15) is 31.0 Å². The van der Waals surface area contributed by atoms with Crippen molar-refractivity contribution in [1.82, 2.24) is 10.3 Å². The minimum atomic E-state index is 0.215. The number of hydrogen-bond acceptors (Lipinski definition) is 1. The summed E-state index contributed by atoms with van der Waals surface area (Å²) in [5.41, 5.74) is 3.79. The molecule has 0 aliphatic heterocycles. The third kappa shape index (κ3) is 2.47. The van der Waals surface area contributed by atoms with Gasteiger partial charge in [-0.2, -0.15) is 0 Å². The maximum Gasteiger partial charge on any atom is 0.0599 e. The monoisotopic (exact) mass is 264 g/mol. The fourth-order valence-electron chi connectivity index (χ4n) is 2.68. The van der Waals surface area contributed by atoms with Crippen LogP contribution in [-0.4, -0.2) is 11.0 Å². The van der Waals surface area contributed by atoms with Crippen molar-refractivity contribution in [2.24, 2.45) is 0 Å². The highest BCUT2D eigenvalue weighted by Gasteiger charge is 2.18. The maximum absolute atomic E-state index is 3.67. The molecule has 3 aromatic rings. The van der Waals surface area contributed by atoms with Crippen LogP contribution in [0.25, 0.3) is 10.9 Å². The Balaban J connectivity index is 2.09. The van der Waals surface area contributed by atoms with Gasteiger partial charge >= 0.3 is 0 Å². The summed E-state index contributed by atoms with van der Waals surface area (Å²) < 4.78 is 0. The van der Waals surface area contributed by atoms with E-state index in [0.29, 0.717) is 6.04 Å². The smallest absolute Gasteiger partial charge is 0.0599 e. The molecule has 0 aliphatic carbocycles. The van der Waals surface area contributed by atoms with Gasteiger partial charge in [-0.25, -0.2) is 0 Å². The zero-order valence-electron chi connectivity index (χ0n) is 11.9. The van der Waals surface area contributed by atoms with Gasteiger partial charge in [0.15, 0.2) is 0 Å². The van der Waals surface area contributed by atoms with Crippen LogP contribution < -0.4 is 5.32 Å². The Hall–Kier alpha value is -2.06. The van der Waals surface area contributed by atoms with Gasteiger partial charge in [0.2, 0.25) is 0 Å². The number of fused-ring (bicyclic) bond motifs is 1. The van der Waals surface area contributed by atoms with E-state index in [4.69, 9.17) is 0 Å². The van der Waals surface area contributed by atoms with Crippen molar-refractivity contribution >= 4 is 10.9 Å². The van der Waals surface area contributed by atoms with Crippen molar-refractivity contribution < 1.29 is 0 Å². The first-order chi connectivity index (χ1) is 9.75. The highest BCUT2D eigenvalue weighted by molar-refractivity contribution is 5.84. The molecule has 1 unspecified atom stereocenters. The summed E-state index contributed by atoms with van der Waals surface area (Å²) in [6.07, 6.45) is 2.12. The molecule has 0 saturated carbocycles. The zero-order valence-corrected chi connectivity index (χ0v) is 11.9. The number of benzene rings is 2. The van der Waals surface area contributed by atoms with Gasteiger partial charge in [-0.05, 0) is 31.0 Å². The second-order valence-corrected chi connectivity index (χ2v) is 5.45. The van der Waals surface area contributed by atoms with E-state index in [1.54, 1.807) is 0 Å². The van der Waals surface area contributed by atoms with Crippen LogP contribution in [0.2, 0.25) is 0 Å². The highest BCUT2D eigenvalue weighted by Crippen LogP contribution is 2.29. The van der Waals surface area contributed by atoms with Crippen LogP contribution >= 0.6 is 0 Å². The van der Waals surface area contributed by atoms with Gasteiger partial charge < -0.3 is 10.3 Å². The summed E-state index contributed by atoms with van der Waals surface area (Å²) in [7, 11) is 0. The lowest BCUT2D eigenvalue weighted by molar-refractivity contribution is 0.531. The Labute approximate surface area is 119 Å². The number of hydrogen-bond donors (Lipinski definition) is 2. The molecule has 0 bridgehead atoms. The number of nitrogens with one attached hydrogen (secondary N) is 2. The largest absolute Gasteiger partial charge is 0.361 e. The van der Waals surface area contributed by atoms with E-state index < -0.39 is 0 Å². The van der Waals surface area contributed by atoms with Crippen LogP contribution in [0.15, 0.2) is 60.8 Å². The van der Waals surface area contributed by atoms with Gasteiger partial charge in [0.25, 0.3) is 0 Å². The molecule has 20 heavy (non-hydrogen) atoms. The first-order valence-electron chi connectivity index (χ1n) is 7.12. The minimum Gasteiger partial charge on any atom is -0.361 e. The first-order valence-corrected chi connectivity index (χ1v) is 7.12. The normalized spacial score (nSPS) is 12.9.